The second-order valence-corrected chi connectivity index (χ2v) is 29.6. The molecular formula is C76H108B2N2O4S. The molecule has 3 aliphatic carbocycles. The molecule has 1 aromatic heterocycles. The van der Waals surface area contributed by atoms with E-state index in [0.717, 1.165) is 34.8 Å². The lowest BCUT2D eigenvalue weighted by Gasteiger charge is -2.39. The van der Waals surface area contributed by atoms with Gasteiger partial charge in [-0.1, -0.05) is 261 Å². The summed E-state index contributed by atoms with van der Waals surface area (Å²) in [4.78, 5) is 0. The van der Waals surface area contributed by atoms with Crippen LogP contribution in [0.3, 0.4) is 0 Å². The summed E-state index contributed by atoms with van der Waals surface area (Å²) in [6.45, 7) is 26.7. The molecule has 0 amide bonds. The van der Waals surface area contributed by atoms with Crippen LogP contribution in [0.25, 0.3) is 38.9 Å². The van der Waals surface area contributed by atoms with E-state index in [-0.39, 0.29) is 17.9 Å². The molecule has 5 aromatic rings. The van der Waals surface area contributed by atoms with Crippen LogP contribution in [-0.4, -0.2) is 45.4 Å². The minimum absolute atomic E-state index is 0.00481. The molecule has 2 unspecified atom stereocenters. The van der Waals surface area contributed by atoms with Gasteiger partial charge in [0.15, 0.2) is 0 Å². The second kappa shape index (κ2) is 27.5. The molecule has 9 heteroatoms. The summed E-state index contributed by atoms with van der Waals surface area (Å²) < 4.78 is 37.6. The van der Waals surface area contributed by atoms with E-state index in [1.165, 1.54) is 229 Å². The lowest BCUT2D eigenvalue weighted by molar-refractivity contribution is 0.00578. The lowest BCUT2D eigenvalue weighted by atomic mass is 9.64. The maximum Gasteiger partial charge on any atom is 0.494 e. The minimum atomic E-state index is -0.408. The first-order valence-electron chi connectivity index (χ1n) is 34.8. The highest BCUT2D eigenvalue weighted by Gasteiger charge is 2.55. The van der Waals surface area contributed by atoms with Crippen molar-refractivity contribution in [1.82, 2.24) is 8.75 Å². The fourth-order valence-electron chi connectivity index (χ4n) is 15.6. The topological polar surface area (TPSA) is 62.7 Å². The van der Waals surface area contributed by atoms with Crippen LogP contribution in [-0.2, 0) is 29.4 Å². The molecule has 6 nitrogen and oxygen atoms in total. The summed E-state index contributed by atoms with van der Waals surface area (Å²) in [7, 11) is -0.789. The number of hydrogen-bond acceptors (Lipinski definition) is 7. The minimum Gasteiger partial charge on any atom is -0.399 e. The van der Waals surface area contributed by atoms with Crippen LogP contribution in [0.5, 0.6) is 0 Å². The highest BCUT2D eigenvalue weighted by atomic mass is 32.1. The SMILES string of the molecule is CCCCCCCCC1(CCCCCCCC)c2cc(B3OC(C)(C)C(C)(C)O3)ccc2-c2ccc(-c3ccc(C4=CC5C(C=C4)c4ccc(B6OC(C)(C)C(C)(C)O6)cc4C5(CCCCCCCC)CCCCCCCC)c4nsnc34)cc21. The van der Waals surface area contributed by atoms with Crippen molar-refractivity contribution in [2.45, 2.75) is 302 Å². The summed E-state index contributed by atoms with van der Waals surface area (Å²) in [5, 5.41) is 0. The molecule has 0 spiro atoms. The number of nitrogens with zero attached hydrogens (tertiary/aromatic N) is 2. The Morgan fingerprint density at radius 3 is 1.33 bits per heavy atom. The van der Waals surface area contributed by atoms with Gasteiger partial charge in [-0.15, -0.1) is 0 Å². The van der Waals surface area contributed by atoms with Gasteiger partial charge >= 0.3 is 14.2 Å². The smallest absolute Gasteiger partial charge is 0.399 e. The van der Waals surface area contributed by atoms with Crippen LogP contribution in [0.1, 0.15) is 297 Å². The van der Waals surface area contributed by atoms with Gasteiger partial charge in [0.1, 0.15) is 11.0 Å². The Morgan fingerprint density at radius 2 is 0.824 bits per heavy atom. The number of fused-ring (bicyclic) bond motifs is 7. The predicted octanol–water partition coefficient (Wildman–Crippen LogP) is 20.8. The van der Waals surface area contributed by atoms with E-state index in [4.69, 9.17) is 27.4 Å². The van der Waals surface area contributed by atoms with E-state index in [1.54, 1.807) is 5.56 Å². The molecule has 2 atom stereocenters. The summed E-state index contributed by atoms with van der Waals surface area (Å²) in [5.41, 5.74) is 16.3. The lowest BCUT2D eigenvalue weighted by Crippen LogP contribution is -2.41. The Kier molecular flexibility index (Phi) is 20.7. The zero-order chi connectivity index (χ0) is 60.0. The molecule has 458 valence electrons. The largest absolute Gasteiger partial charge is 0.494 e. The maximum absolute atomic E-state index is 6.79. The van der Waals surface area contributed by atoms with Crippen LogP contribution >= 0.6 is 11.7 Å². The molecule has 85 heavy (non-hydrogen) atoms. The highest BCUT2D eigenvalue weighted by molar-refractivity contribution is 7.00. The molecule has 2 saturated heterocycles. The Labute approximate surface area is 520 Å². The quantitative estimate of drug-likeness (QED) is 0.0316. The van der Waals surface area contributed by atoms with Crippen LogP contribution in [0, 0.1) is 5.92 Å². The average Bonchev–Trinajstić information content (AvgIpc) is 1.66. The monoisotopic (exact) mass is 1170 g/mol. The average molecular weight is 1170 g/mol. The Bertz CT molecular complexity index is 3050. The van der Waals surface area contributed by atoms with Gasteiger partial charge in [-0.25, -0.2) is 0 Å². The van der Waals surface area contributed by atoms with E-state index < -0.39 is 29.5 Å². The van der Waals surface area contributed by atoms with Gasteiger partial charge in [-0.05, 0) is 149 Å². The molecule has 0 saturated carbocycles. The van der Waals surface area contributed by atoms with Gasteiger partial charge in [0, 0.05) is 27.9 Å². The number of aromatic nitrogens is 2. The van der Waals surface area contributed by atoms with Crippen molar-refractivity contribution < 1.29 is 18.6 Å². The third kappa shape index (κ3) is 13.1. The van der Waals surface area contributed by atoms with Gasteiger partial charge in [0.05, 0.1) is 34.1 Å². The number of allylic oxidation sites excluding steroid dienone is 4. The van der Waals surface area contributed by atoms with E-state index in [0.29, 0.717) is 11.8 Å². The highest BCUT2D eigenvalue weighted by Crippen LogP contribution is 2.60. The van der Waals surface area contributed by atoms with Gasteiger partial charge in [0.25, 0.3) is 0 Å². The van der Waals surface area contributed by atoms with E-state index >= 15 is 0 Å². The fourth-order valence-corrected chi connectivity index (χ4v) is 16.2. The maximum atomic E-state index is 6.79. The van der Waals surface area contributed by atoms with Gasteiger partial charge in [-0.2, -0.15) is 8.75 Å². The van der Waals surface area contributed by atoms with Crippen molar-refractivity contribution in [2.75, 3.05) is 0 Å². The number of hydrogen-bond donors (Lipinski definition) is 0. The van der Waals surface area contributed by atoms with Crippen molar-refractivity contribution in [3.8, 4) is 22.3 Å². The van der Waals surface area contributed by atoms with Crippen LogP contribution < -0.4 is 10.9 Å². The molecule has 0 bridgehead atoms. The molecule has 0 N–H and O–H groups in total. The third-order valence-electron chi connectivity index (χ3n) is 22.2. The Balaban J connectivity index is 1.03. The molecule has 2 aliphatic heterocycles. The summed E-state index contributed by atoms with van der Waals surface area (Å²) in [5.74, 6) is 0.643. The first-order chi connectivity index (χ1) is 40.9. The van der Waals surface area contributed by atoms with E-state index in [2.05, 4.69) is 168 Å². The molecule has 3 heterocycles. The number of rotatable bonds is 32. The van der Waals surface area contributed by atoms with Crippen LogP contribution in [0.4, 0.5) is 0 Å². The summed E-state index contributed by atoms with van der Waals surface area (Å²) >= 11 is 1.37. The molecule has 0 radical (unpaired) electrons. The number of benzene rings is 4. The zero-order valence-electron chi connectivity index (χ0n) is 55.1. The molecular weight excluding hydrogens is 1060 g/mol. The van der Waals surface area contributed by atoms with Crippen LogP contribution in [0.2, 0.25) is 0 Å². The standard InChI is InChI=1S/C76H108B2N2O4S/c1-13-17-21-25-29-33-47-75(48-34-30-26-22-18-14-2)65-51-55(37-41-61(65)63-43-39-57(53-67(63)75)77-81-71(5,6)72(7,8)82-77)59-45-46-60(70-69(59)79-85-80-70)56-38-42-62-64-44-40-58(78-83-73(9,10)74(11,12)84-78)54-68(64)76(66(62)52-56,49-35-31-27-23-19-15-3)50-36-32-28-24-20-16-4/h37-46,51-54,61,65H,13-36,47-50H2,1-12H3. The predicted molar refractivity (Wildman–Crippen MR) is 364 cm³/mol. The van der Waals surface area contributed by atoms with Crippen molar-refractivity contribution in [3.05, 3.63) is 113 Å². The van der Waals surface area contributed by atoms with Crippen molar-refractivity contribution in [3.63, 3.8) is 0 Å². The first-order valence-corrected chi connectivity index (χ1v) is 35.5. The molecule has 4 aromatic carbocycles. The van der Waals surface area contributed by atoms with Gasteiger partial charge in [0.2, 0.25) is 0 Å². The Hall–Kier alpha value is -3.85. The molecule has 2 fully saturated rings. The molecule has 10 rings (SSSR count). The Morgan fingerprint density at radius 1 is 0.424 bits per heavy atom. The van der Waals surface area contributed by atoms with Crippen molar-refractivity contribution in [2.24, 2.45) is 5.92 Å². The summed E-state index contributed by atoms with van der Waals surface area (Å²) in [6, 6.07) is 26.8. The van der Waals surface area contributed by atoms with Crippen molar-refractivity contribution >= 4 is 53.5 Å². The van der Waals surface area contributed by atoms with Gasteiger partial charge < -0.3 is 18.6 Å². The zero-order valence-corrected chi connectivity index (χ0v) is 55.9. The fraction of sp³-hybridized carbons (Fsp3) is 0.632. The second-order valence-electron chi connectivity index (χ2n) is 29.1. The van der Waals surface area contributed by atoms with Gasteiger partial charge in [-0.3, -0.25) is 0 Å². The van der Waals surface area contributed by atoms with Crippen molar-refractivity contribution in [1.29, 1.82) is 0 Å². The van der Waals surface area contributed by atoms with Crippen LogP contribution in [0.15, 0.2) is 85.0 Å². The first kappa shape index (κ1) is 64.1. The number of unbranched alkanes of at least 4 members (excludes halogenated alkanes) is 20. The van der Waals surface area contributed by atoms with E-state index in [1.807, 2.05) is 0 Å². The summed E-state index contributed by atoms with van der Waals surface area (Å²) in [6.07, 6.45) is 43.4. The normalized spacial score (nSPS) is 20.7. The molecule has 5 aliphatic rings. The van der Waals surface area contributed by atoms with E-state index in [9.17, 15) is 0 Å². The third-order valence-corrected chi connectivity index (χ3v) is 22.7.